The summed E-state index contributed by atoms with van der Waals surface area (Å²) in [7, 11) is -1.19. The SMILES string of the molecule is CC(C)(O)/C=C/c1cn(Cc2ccc(F)cc2)c2cnc3c(c12)CCN(OCOCC[Si](C)(C)C)C3=O. The lowest BCUT2D eigenvalue weighted by molar-refractivity contribution is -0.195. The van der Waals surface area contributed by atoms with Gasteiger partial charge >= 0.3 is 0 Å². The van der Waals surface area contributed by atoms with Crippen molar-refractivity contribution in [2.24, 2.45) is 0 Å². The van der Waals surface area contributed by atoms with Crippen molar-refractivity contribution < 1.29 is 23.9 Å². The van der Waals surface area contributed by atoms with E-state index >= 15 is 0 Å². The lowest BCUT2D eigenvalue weighted by Gasteiger charge is -2.27. The number of hydrogen-bond acceptors (Lipinski definition) is 5. The number of ether oxygens (including phenoxy) is 1. The number of halogens is 1. The molecule has 198 valence electrons. The number of hydrogen-bond donors (Lipinski definition) is 1. The predicted octanol–water partition coefficient (Wildman–Crippen LogP) is 5.25. The number of rotatable bonds is 10. The van der Waals surface area contributed by atoms with Gasteiger partial charge in [0.2, 0.25) is 0 Å². The van der Waals surface area contributed by atoms with Crippen molar-refractivity contribution in [2.75, 3.05) is 19.9 Å². The van der Waals surface area contributed by atoms with Crippen LogP contribution in [-0.2, 0) is 22.5 Å². The zero-order chi connectivity index (χ0) is 26.8. The van der Waals surface area contributed by atoms with Crippen molar-refractivity contribution in [1.29, 1.82) is 0 Å². The Morgan fingerprint density at radius 3 is 2.62 bits per heavy atom. The van der Waals surface area contributed by atoms with Crippen molar-refractivity contribution in [3.05, 3.63) is 70.9 Å². The monoisotopic (exact) mass is 525 g/mol. The standard InChI is InChI=1S/C28H36FN3O4Si/c1-28(2,34)12-10-21-18-31(17-20-6-8-22(29)9-7-20)24-16-30-26-23(25(21)24)11-13-32(27(26)33)36-19-35-14-15-37(3,4)5/h6-10,12,16,18,34H,11,13-15,17,19H2,1-5H3/b12-10+. The summed E-state index contributed by atoms with van der Waals surface area (Å²) in [5.74, 6) is -0.571. The maximum atomic E-state index is 13.4. The zero-order valence-electron chi connectivity index (χ0n) is 22.3. The molecule has 3 aromatic rings. The molecule has 1 aliphatic rings. The van der Waals surface area contributed by atoms with E-state index in [-0.39, 0.29) is 18.5 Å². The van der Waals surface area contributed by atoms with Gasteiger partial charge in [-0.05, 0) is 49.6 Å². The molecule has 0 radical (unpaired) electrons. The number of hydroxylamine groups is 2. The van der Waals surface area contributed by atoms with E-state index in [2.05, 4.69) is 24.6 Å². The van der Waals surface area contributed by atoms with E-state index in [1.807, 2.05) is 16.8 Å². The highest BCUT2D eigenvalue weighted by molar-refractivity contribution is 6.76. The van der Waals surface area contributed by atoms with Crippen LogP contribution in [0.25, 0.3) is 17.0 Å². The van der Waals surface area contributed by atoms with Crippen LogP contribution in [0, 0.1) is 5.82 Å². The molecule has 0 saturated heterocycles. The first-order valence-corrected chi connectivity index (χ1v) is 16.3. The lowest BCUT2D eigenvalue weighted by Crippen LogP contribution is -2.39. The highest BCUT2D eigenvalue weighted by Gasteiger charge is 2.30. The minimum Gasteiger partial charge on any atom is -0.386 e. The number of nitrogens with zero attached hydrogens (tertiary/aromatic N) is 3. The van der Waals surface area contributed by atoms with Crippen LogP contribution < -0.4 is 0 Å². The van der Waals surface area contributed by atoms with Gasteiger partial charge in [-0.25, -0.2) is 19.3 Å². The number of carbonyl (C=O) groups excluding carboxylic acids is 1. The molecule has 2 aromatic heterocycles. The van der Waals surface area contributed by atoms with E-state index in [1.54, 1.807) is 38.3 Å². The minimum absolute atomic E-state index is 0.0292. The summed E-state index contributed by atoms with van der Waals surface area (Å²) in [6, 6.07) is 7.42. The Kier molecular flexibility index (Phi) is 7.98. The molecule has 9 heteroatoms. The summed E-state index contributed by atoms with van der Waals surface area (Å²) in [6.07, 6.45) is 7.87. The minimum atomic E-state index is -1.19. The smallest absolute Gasteiger partial charge is 0.296 e. The van der Waals surface area contributed by atoms with Gasteiger partial charge in [0, 0.05) is 38.4 Å². The van der Waals surface area contributed by atoms with E-state index in [0.717, 1.165) is 33.6 Å². The molecule has 4 rings (SSSR count). The Hall–Kier alpha value is -2.85. The molecular formula is C28H36FN3O4Si. The first kappa shape index (κ1) is 27.2. The molecule has 1 N–H and O–H groups in total. The van der Waals surface area contributed by atoms with Gasteiger partial charge in [-0.3, -0.25) is 4.79 Å². The first-order valence-electron chi connectivity index (χ1n) is 12.6. The average molecular weight is 526 g/mol. The van der Waals surface area contributed by atoms with Crippen molar-refractivity contribution in [1.82, 2.24) is 14.6 Å². The van der Waals surface area contributed by atoms with Gasteiger partial charge in [0.1, 0.15) is 11.5 Å². The van der Waals surface area contributed by atoms with Crippen molar-refractivity contribution in [2.45, 2.75) is 58.1 Å². The topological polar surface area (TPSA) is 76.8 Å². The fourth-order valence-corrected chi connectivity index (χ4v) is 5.00. The normalized spacial score (nSPS) is 14.7. The number of amides is 1. The van der Waals surface area contributed by atoms with Crippen LogP contribution in [-0.4, -0.2) is 59.2 Å². The Bertz CT molecular complexity index is 1290. The molecule has 1 amide bonds. The molecule has 37 heavy (non-hydrogen) atoms. The quantitative estimate of drug-likeness (QED) is 0.222. The summed E-state index contributed by atoms with van der Waals surface area (Å²) in [5, 5.41) is 12.5. The van der Waals surface area contributed by atoms with Crippen LogP contribution in [0.1, 0.15) is 41.0 Å². The second kappa shape index (κ2) is 10.9. The maximum absolute atomic E-state index is 13.4. The van der Waals surface area contributed by atoms with Crippen LogP contribution in [0.4, 0.5) is 4.39 Å². The molecule has 0 spiro atoms. The van der Waals surface area contributed by atoms with Crippen LogP contribution in [0.15, 0.2) is 42.7 Å². The van der Waals surface area contributed by atoms with Crippen molar-refractivity contribution in [3.63, 3.8) is 0 Å². The number of aromatic nitrogens is 2. The van der Waals surface area contributed by atoms with E-state index in [0.29, 0.717) is 31.8 Å². The molecule has 1 aliphatic heterocycles. The first-order chi connectivity index (χ1) is 17.4. The van der Waals surface area contributed by atoms with E-state index < -0.39 is 13.7 Å². The Balaban J connectivity index is 1.61. The summed E-state index contributed by atoms with van der Waals surface area (Å²) in [6.45, 7) is 11.8. The zero-order valence-corrected chi connectivity index (χ0v) is 23.3. The predicted molar refractivity (Wildman–Crippen MR) is 145 cm³/mol. The van der Waals surface area contributed by atoms with Crippen molar-refractivity contribution in [3.8, 4) is 0 Å². The van der Waals surface area contributed by atoms with E-state index in [1.165, 1.54) is 17.2 Å². The third-order valence-corrected chi connectivity index (χ3v) is 7.98. The number of carbonyl (C=O) groups is 1. The number of aliphatic hydroxyl groups is 1. The van der Waals surface area contributed by atoms with Gasteiger partial charge in [-0.2, -0.15) is 0 Å². The highest BCUT2D eigenvalue weighted by Crippen LogP contribution is 2.32. The van der Waals surface area contributed by atoms with E-state index in [4.69, 9.17) is 9.57 Å². The number of pyridine rings is 1. The van der Waals surface area contributed by atoms with Gasteiger partial charge in [-0.15, -0.1) is 0 Å². The molecule has 0 atom stereocenters. The number of fused-ring (bicyclic) bond motifs is 3. The molecule has 0 unspecified atom stereocenters. The third kappa shape index (κ3) is 6.92. The molecule has 3 heterocycles. The fraction of sp³-hybridized carbons (Fsp3) is 0.429. The third-order valence-electron chi connectivity index (χ3n) is 6.27. The average Bonchev–Trinajstić information content (AvgIpc) is 3.17. The Labute approximate surface area is 218 Å². The maximum Gasteiger partial charge on any atom is 0.296 e. The second-order valence-corrected chi connectivity index (χ2v) is 16.9. The number of benzene rings is 1. The lowest BCUT2D eigenvalue weighted by atomic mass is 9.98. The van der Waals surface area contributed by atoms with Gasteiger partial charge < -0.3 is 14.4 Å². The molecule has 7 nitrogen and oxygen atoms in total. The molecule has 0 fully saturated rings. The molecule has 0 saturated carbocycles. The Morgan fingerprint density at radius 2 is 1.95 bits per heavy atom. The molecule has 1 aromatic carbocycles. The Morgan fingerprint density at radius 1 is 1.22 bits per heavy atom. The molecular weight excluding hydrogens is 489 g/mol. The largest absolute Gasteiger partial charge is 0.386 e. The fourth-order valence-electron chi connectivity index (χ4n) is 4.24. The molecule has 0 aliphatic carbocycles. The molecule has 0 bridgehead atoms. The van der Waals surface area contributed by atoms with Gasteiger partial charge in [0.15, 0.2) is 6.79 Å². The van der Waals surface area contributed by atoms with Crippen LogP contribution in [0.3, 0.4) is 0 Å². The van der Waals surface area contributed by atoms with E-state index in [9.17, 15) is 14.3 Å². The van der Waals surface area contributed by atoms with Gasteiger partial charge in [-0.1, -0.05) is 43.9 Å². The summed E-state index contributed by atoms with van der Waals surface area (Å²) in [5.41, 5.74) is 2.92. The summed E-state index contributed by atoms with van der Waals surface area (Å²) < 4.78 is 21.1. The summed E-state index contributed by atoms with van der Waals surface area (Å²) >= 11 is 0. The second-order valence-electron chi connectivity index (χ2n) is 11.3. The van der Waals surface area contributed by atoms with Crippen molar-refractivity contribution >= 4 is 31.0 Å². The van der Waals surface area contributed by atoms with Crippen LogP contribution in [0.2, 0.25) is 25.7 Å². The summed E-state index contributed by atoms with van der Waals surface area (Å²) in [4.78, 5) is 23.4. The van der Waals surface area contributed by atoms with Gasteiger partial charge in [0.05, 0.1) is 23.9 Å². The van der Waals surface area contributed by atoms with Crippen LogP contribution >= 0.6 is 0 Å². The van der Waals surface area contributed by atoms with Crippen LogP contribution in [0.5, 0.6) is 0 Å². The highest BCUT2D eigenvalue weighted by atomic mass is 28.3. The van der Waals surface area contributed by atoms with Gasteiger partial charge in [0.25, 0.3) is 5.91 Å².